The lowest BCUT2D eigenvalue weighted by molar-refractivity contribution is 0.347. The first-order valence-corrected chi connectivity index (χ1v) is 7.12. The van der Waals surface area contributed by atoms with Crippen molar-refractivity contribution in [1.29, 1.82) is 0 Å². The molecule has 5 heteroatoms. The maximum atomic E-state index is 10.8. The van der Waals surface area contributed by atoms with Gasteiger partial charge >= 0.3 is 0 Å². The standard InChI is InChI=1S/C8H19NO2S2/c1-9(5-3-4-7-12)6-8-13(2,10)11/h12H,3-8H2,1-2H3. The predicted octanol–water partition coefficient (Wildman–Crippen LogP) is 0.673. The zero-order chi connectivity index (χ0) is 10.3. The van der Waals surface area contributed by atoms with E-state index in [1.807, 2.05) is 11.9 Å². The van der Waals surface area contributed by atoms with Crippen LogP contribution in [0.1, 0.15) is 12.8 Å². The molecular formula is C8H19NO2S2. The summed E-state index contributed by atoms with van der Waals surface area (Å²) < 4.78 is 21.7. The van der Waals surface area contributed by atoms with E-state index >= 15 is 0 Å². The smallest absolute Gasteiger partial charge is 0.148 e. The molecule has 0 saturated heterocycles. The normalized spacial score (nSPS) is 12.3. The molecule has 0 atom stereocenters. The van der Waals surface area contributed by atoms with Gasteiger partial charge in [-0.15, -0.1) is 0 Å². The van der Waals surface area contributed by atoms with Crippen LogP contribution in [0.4, 0.5) is 0 Å². The predicted molar refractivity (Wildman–Crippen MR) is 60.3 cm³/mol. The van der Waals surface area contributed by atoms with Crippen LogP contribution in [0, 0.1) is 0 Å². The molecule has 0 heterocycles. The molecule has 0 fully saturated rings. The number of hydrogen-bond donors (Lipinski definition) is 1. The highest BCUT2D eigenvalue weighted by Crippen LogP contribution is 1.95. The molecule has 0 radical (unpaired) electrons. The summed E-state index contributed by atoms with van der Waals surface area (Å²) in [5.74, 6) is 1.16. The summed E-state index contributed by atoms with van der Waals surface area (Å²) in [4.78, 5) is 2.05. The number of sulfone groups is 1. The van der Waals surface area contributed by atoms with Crippen LogP contribution in [0.5, 0.6) is 0 Å². The zero-order valence-corrected chi connectivity index (χ0v) is 10.1. The van der Waals surface area contributed by atoms with E-state index in [-0.39, 0.29) is 5.75 Å². The molecule has 13 heavy (non-hydrogen) atoms. The van der Waals surface area contributed by atoms with Crippen molar-refractivity contribution in [1.82, 2.24) is 4.90 Å². The van der Waals surface area contributed by atoms with Gasteiger partial charge in [-0.2, -0.15) is 12.6 Å². The van der Waals surface area contributed by atoms with Gasteiger partial charge < -0.3 is 4.90 Å². The van der Waals surface area contributed by atoms with Gasteiger partial charge in [0.2, 0.25) is 0 Å². The number of unbranched alkanes of at least 4 members (excludes halogenated alkanes) is 1. The molecule has 0 aromatic rings. The van der Waals surface area contributed by atoms with E-state index in [9.17, 15) is 8.42 Å². The molecule has 0 aromatic carbocycles. The number of thiol groups is 1. The van der Waals surface area contributed by atoms with Crippen molar-refractivity contribution in [2.45, 2.75) is 12.8 Å². The van der Waals surface area contributed by atoms with Gasteiger partial charge in [0.05, 0.1) is 5.75 Å². The minimum atomic E-state index is -2.81. The van der Waals surface area contributed by atoms with E-state index in [1.54, 1.807) is 0 Å². The Morgan fingerprint density at radius 3 is 2.31 bits per heavy atom. The molecule has 0 aliphatic rings. The van der Waals surface area contributed by atoms with Crippen molar-refractivity contribution in [2.75, 3.05) is 37.9 Å². The Balaban J connectivity index is 3.46. The average Bonchev–Trinajstić information content (AvgIpc) is 2.00. The molecule has 0 bridgehead atoms. The quantitative estimate of drug-likeness (QED) is 0.511. The van der Waals surface area contributed by atoms with E-state index in [2.05, 4.69) is 12.6 Å². The molecule has 0 N–H and O–H groups in total. The minimum Gasteiger partial charge on any atom is -0.305 e. The Morgan fingerprint density at radius 1 is 1.23 bits per heavy atom. The van der Waals surface area contributed by atoms with E-state index < -0.39 is 9.84 Å². The van der Waals surface area contributed by atoms with Crippen LogP contribution >= 0.6 is 12.6 Å². The van der Waals surface area contributed by atoms with Gasteiger partial charge in [-0.3, -0.25) is 0 Å². The lowest BCUT2D eigenvalue weighted by Gasteiger charge is -2.15. The van der Waals surface area contributed by atoms with E-state index in [0.29, 0.717) is 6.54 Å². The highest BCUT2D eigenvalue weighted by molar-refractivity contribution is 7.90. The average molecular weight is 225 g/mol. The Hall–Kier alpha value is 0.260. The Bertz CT molecular complexity index is 214. The summed E-state index contributed by atoms with van der Waals surface area (Å²) in [5.41, 5.74) is 0. The molecule has 3 nitrogen and oxygen atoms in total. The molecule has 0 unspecified atom stereocenters. The van der Waals surface area contributed by atoms with Crippen molar-refractivity contribution in [3.8, 4) is 0 Å². The molecule has 0 spiro atoms. The van der Waals surface area contributed by atoms with Crippen molar-refractivity contribution < 1.29 is 8.42 Å². The van der Waals surface area contributed by atoms with Gasteiger partial charge in [-0.05, 0) is 32.2 Å². The van der Waals surface area contributed by atoms with Crippen LogP contribution in [0.3, 0.4) is 0 Å². The van der Waals surface area contributed by atoms with Crippen molar-refractivity contribution in [3.63, 3.8) is 0 Å². The summed E-state index contributed by atoms with van der Waals surface area (Å²) >= 11 is 4.11. The highest BCUT2D eigenvalue weighted by atomic mass is 32.2. The third-order valence-electron chi connectivity index (χ3n) is 1.79. The molecule has 0 aromatic heterocycles. The van der Waals surface area contributed by atoms with Crippen LogP contribution in [0.15, 0.2) is 0 Å². The second kappa shape index (κ2) is 6.68. The monoisotopic (exact) mass is 225 g/mol. The second-order valence-corrected chi connectivity index (χ2v) is 6.07. The fourth-order valence-electron chi connectivity index (χ4n) is 0.927. The van der Waals surface area contributed by atoms with Crippen LogP contribution in [0.2, 0.25) is 0 Å². The Kier molecular flexibility index (Phi) is 6.81. The fraction of sp³-hybridized carbons (Fsp3) is 1.00. The van der Waals surface area contributed by atoms with E-state index in [1.165, 1.54) is 6.26 Å². The number of rotatable bonds is 7. The largest absolute Gasteiger partial charge is 0.305 e. The first kappa shape index (κ1) is 13.3. The summed E-state index contributed by atoms with van der Waals surface area (Å²) in [7, 11) is -0.858. The van der Waals surface area contributed by atoms with Crippen LogP contribution < -0.4 is 0 Å². The SMILES string of the molecule is CN(CCCCS)CCS(C)(=O)=O. The summed E-state index contributed by atoms with van der Waals surface area (Å²) in [6.07, 6.45) is 3.45. The van der Waals surface area contributed by atoms with Gasteiger partial charge in [-0.1, -0.05) is 0 Å². The van der Waals surface area contributed by atoms with Crippen molar-refractivity contribution >= 4 is 22.5 Å². The van der Waals surface area contributed by atoms with Gasteiger partial charge in [0.25, 0.3) is 0 Å². The molecule has 80 valence electrons. The zero-order valence-electron chi connectivity index (χ0n) is 8.36. The van der Waals surface area contributed by atoms with Crippen LogP contribution in [-0.2, 0) is 9.84 Å². The number of hydrogen-bond acceptors (Lipinski definition) is 4. The van der Waals surface area contributed by atoms with Gasteiger partial charge in [-0.25, -0.2) is 8.42 Å². The van der Waals surface area contributed by atoms with Crippen LogP contribution in [0.25, 0.3) is 0 Å². The Labute approximate surface area is 86.8 Å². The maximum Gasteiger partial charge on any atom is 0.148 e. The molecular weight excluding hydrogens is 206 g/mol. The topological polar surface area (TPSA) is 37.4 Å². The van der Waals surface area contributed by atoms with Gasteiger partial charge in [0.1, 0.15) is 9.84 Å². The first-order valence-electron chi connectivity index (χ1n) is 4.43. The maximum absolute atomic E-state index is 10.8. The first-order chi connectivity index (χ1) is 5.95. The van der Waals surface area contributed by atoms with E-state index in [0.717, 1.165) is 25.1 Å². The second-order valence-electron chi connectivity index (χ2n) is 3.36. The summed E-state index contributed by atoms with van der Waals surface area (Å²) in [5, 5.41) is 0. The van der Waals surface area contributed by atoms with Gasteiger partial charge in [0.15, 0.2) is 0 Å². The third-order valence-corrected chi connectivity index (χ3v) is 3.03. The molecule has 0 saturated carbocycles. The molecule has 0 rings (SSSR count). The van der Waals surface area contributed by atoms with Crippen molar-refractivity contribution in [3.05, 3.63) is 0 Å². The summed E-state index contributed by atoms with van der Waals surface area (Å²) in [6.45, 7) is 1.58. The summed E-state index contributed by atoms with van der Waals surface area (Å²) in [6, 6.07) is 0. The lowest BCUT2D eigenvalue weighted by atomic mass is 10.3. The minimum absolute atomic E-state index is 0.254. The molecule has 0 aliphatic heterocycles. The fourth-order valence-corrected chi connectivity index (χ4v) is 1.79. The van der Waals surface area contributed by atoms with Crippen molar-refractivity contribution in [2.24, 2.45) is 0 Å². The third kappa shape index (κ3) is 10.2. The molecule has 0 aliphatic carbocycles. The highest BCUT2D eigenvalue weighted by Gasteiger charge is 2.04. The number of nitrogens with zero attached hydrogens (tertiary/aromatic N) is 1. The van der Waals surface area contributed by atoms with Gasteiger partial charge in [0, 0.05) is 12.8 Å². The lowest BCUT2D eigenvalue weighted by Crippen LogP contribution is -2.26. The van der Waals surface area contributed by atoms with E-state index in [4.69, 9.17) is 0 Å². The molecule has 0 amide bonds. The van der Waals surface area contributed by atoms with Crippen LogP contribution in [-0.4, -0.2) is 51.2 Å². The Morgan fingerprint density at radius 2 is 1.85 bits per heavy atom.